The summed E-state index contributed by atoms with van der Waals surface area (Å²) in [5.41, 5.74) is 0.150. The lowest BCUT2D eigenvalue weighted by Gasteiger charge is -2.07. The van der Waals surface area contributed by atoms with E-state index in [0.29, 0.717) is 0 Å². The van der Waals surface area contributed by atoms with Crippen LogP contribution in [0.5, 0.6) is 5.75 Å². The van der Waals surface area contributed by atoms with Gasteiger partial charge in [-0.25, -0.2) is 8.78 Å². The van der Waals surface area contributed by atoms with Crippen molar-refractivity contribution >= 4 is 5.82 Å². The minimum absolute atomic E-state index is 0.00527. The van der Waals surface area contributed by atoms with Crippen molar-refractivity contribution in [3.05, 3.63) is 63.8 Å². The molecule has 0 aliphatic heterocycles. The molecule has 1 aromatic heterocycles. The number of ether oxygens (including phenoxy) is 1. The summed E-state index contributed by atoms with van der Waals surface area (Å²) in [7, 11) is 0. The summed E-state index contributed by atoms with van der Waals surface area (Å²) in [4.78, 5) is 13.6. The molecule has 0 aliphatic rings. The number of benzene rings is 1. The molecule has 0 bridgehead atoms. The number of pyridine rings is 1. The molecule has 0 N–H and O–H groups in total. The molecule has 2 aromatic rings. The van der Waals surface area contributed by atoms with E-state index in [9.17, 15) is 18.9 Å². The first-order valence-electron chi connectivity index (χ1n) is 5.74. The Kier molecular flexibility index (Phi) is 4.19. The van der Waals surface area contributed by atoms with Crippen LogP contribution < -0.4 is 4.74 Å². The maximum absolute atomic E-state index is 13.4. The quantitative estimate of drug-likeness (QED) is 0.624. The van der Waals surface area contributed by atoms with Gasteiger partial charge in [0.1, 0.15) is 17.8 Å². The molecule has 0 atom stereocenters. The lowest BCUT2D eigenvalue weighted by Crippen LogP contribution is -2.05. The molecule has 20 heavy (non-hydrogen) atoms. The van der Waals surface area contributed by atoms with E-state index in [2.05, 4.69) is 4.98 Å². The highest BCUT2D eigenvalue weighted by molar-refractivity contribution is 5.38. The van der Waals surface area contributed by atoms with Crippen LogP contribution in [0.15, 0.2) is 36.5 Å². The van der Waals surface area contributed by atoms with Gasteiger partial charge in [-0.1, -0.05) is 0 Å². The highest BCUT2D eigenvalue weighted by Gasteiger charge is 2.15. The molecule has 2 rings (SSSR count). The Hall–Kier alpha value is -2.57. The fourth-order valence-electron chi connectivity index (χ4n) is 1.64. The fraction of sp³-hybridized carbons (Fsp3) is 0.154. The number of nitro groups is 1. The molecule has 0 unspecified atom stereocenters. The maximum Gasteiger partial charge on any atom is 0.406 e. The molecule has 0 saturated heterocycles. The molecule has 5 nitrogen and oxygen atoms in total. The Morgan fingerprint density at radius 2 is 2.10 bits per heavy atom. The molecule has 0 amide bonds. The smallest absolute Gasteiger partial charge is 0.406 e. The number of hydrogen-bond donors (Lipinski definition) is 0. The van der Waals surface area contributed by atoms with Crippen molar-refractivity contribution in [2.75, 3.05) is 6.61 Å². The highest BCUT2D eigenvalue weighted by atomic mass is 19.1. The van der Waals surface area contributed by atoms with Crippen LogP contribution in [-0.4, -0.2) is 16.5 Å². The average molecular weight is 280 g/mol. The van der Waals surface area contributed by atoms with E-state index >= 15 is 0 Å². The van der Waals surface area contributed by atoms with Gasteiger partial charge < -0.3 is 14.9 Å². The standard InChI is InChI=1S/C13H10F2N2O3/c14-10-3-4-11(15)9(8-10)5-7-20-12-2-1-6-16-13(12)17(18)19/h1-4,6,8H,5,7H2. The molecule has 0 spiro atoms. The van der Waals surface area contributed by atoms with Crippen LogP contribution in [0.2, 0.25) is 0 Å². The monoisotopic (exact) mass is 280 g/mol. The van der Waals surface area contributed by atoms with Crippen LogP contribution in [0.3, 0.4) is 0 Å². The summed E-state index contributed by atoms with van der Waals surface area (Å²) in [5.74, 6) is -1.51. The molecule has 1 aromatic carbocycles. The Balaban J connectivity index is 2.03. The SMILES string of the molecule is O=[N+]([O-])c1ncccc1OCCc1cc(F)ccc1F. The van der Waals surface area contributed by atoms with Gasteiger partial charge in [-0.2, -0.15) is 0 Å². The first kappa shape index (κ1) is 13.9. The van der Waals surface area contributed by atoms with Crippen molar-refractivity contribution in [3.8, 4) is 5.75 Å². The summed E-state index contributed by atoms with van der Waals surface area (Å²) in [5, 5.41) is 10.7. The Morgan fingerprint density at radius 3 is 2.85 bits per heavy atom. The molecule has 0 saturated carbocycles. The van der Waals surface area contributed by atoms with Gasteiger partial charge in [0.05, 0.1) is 6.61 Å². The molecular weight excluding hydrogens is 270 g/mol. The van der Waals surface area contributed by atoms with E-state index in [-0.39, 0.29) is 24.3 Å². The zero-order valence-electron chi connectivity index (χ0n) is 10.3. The predicted octanol–water partition coefficient (Wildman–Crippen LogP) is 2.89. The number of halogens is 2. The van der Waals surface area contributed by atoms with Gasteiger partial charge in [-0.05, 0) is 45.8 Å². The zero-order chi connectivity index (χ0) is 14.5. The van der Waals surface area contributed by atoms with Gasteiger partial charge in [0.2, 0.25) is 5.75 Å². The van der Waals surface area contributed by atoms with E-state index in [1.165, 1.54) is 18.3 Å². The second kappa shape index (κ2) is 6.05. The van der Waals surface area contributed by atoms with Crippen LogP contribution >= 0.6 is 0 Å². The largest absolute Gasteiger partial charge is 0.485 e. The summed E-state index contributed by atoms with van der Waals surface area (Å²) in [6.07, 6.45) is 1.37. The number of aromatic nitrogens is 1. The third-order valence-electron chi connectivity index (χ3n) is 2.56. The predicted molar refractivity (Wildman–Crippen MR) is 66.4 cm³/mol. The Labute approximate surface area is 113 Å². The minimum Gasteiger partial charge on any atom is -0.485 e. The van der Waals surface area contributed by atoms with Crippen molar-refractivity contribution < 1.29 is 18.4 Å². The van der Waals surface area contributed by atoms with E-state index < -0.39 is 22.4 Å². The van der Waals surface area contributed by atoms with Crippen LogP contribution in [0, 0.1) is 21.7 Å². The van der Waals surface area contributed by atoms with Crippen molar-refractivity contribution in [1.29, 1.82) is 0 Å². The molecule has 1 heterocycles. The summed E-state index contributed by atoms with van der Waals surface area (Å²) in [6.45, 7) is -0.0209. The van der Waals surface area contributed by atoms with Crippen LogP contribution in [0.4, 0.5) is 14.6 Å². The van der Waals surface area contributed by atoms with E-state index in [0.717, 1.165) is 18.2 Å². The zero-order valence-corrected chi connectivity index (χ0v) is 10.3. The van der Waals surface area contributed by atoms with Gasteiger partial charge >= 0.3 is 5.82 Å². The topological polar surface area (TPSA) is 65.3 Å². The second-order valence-corrected chi connectivity index (χ2v) is 3.92. The van der Waals surface area contributed by atoms with Crippen molar-refractivity contribution in [3.63, 3.8) is 0 Å². The Bertz CT molecular complexity index is 635. The van der Waals surface area contributed by atoms with E-state index in [1.807, 2.05) is 0 Å². The normalized spacial score (nSPS) is 10.3. The molecule has 0 aliphatic carbocycles. The maximum atomic E-state index is 13.4. The average Bonchev–Trinajstić information content (AvgIpc) is 2.43. The highest BCUT2D eigenvalue weighted by Crippen LogP contribution is 2.23. The van der Waals surface area contributed by atoms with Gasteiger partial charge in [0.15, 0.2) is 0 Å². The van der Waals surface area contributed by atoms with Gasteiger partial charge in [-0.15, -0.1) is 0 Å². The molecule has 0 fully saturated rings. The summed E-state index contributed by atoms with van der Waals surface area (Å²) in [6, 6.07) is 6.00. The lowest BCUT2D eigenvalue weighted by atomic mass is 10.1. The molecule has 7 heteroatoms. The minimum atomic E-state index is -0.669. The Morgan fingerprint density at radius 1 is 1.30 bits per heavy atom. The summed E-state index contributed by atoms with van der Waals surface area (Å²) >= 11 is 0. The van der Waals surface area contributed by atoms with Crippen LogP contribution in [0.25, 0.3) is 0 Å². The van der Waals surface area contributed by atoms with Crippen LogP contribution in [0.1, 0.15) is 5.56 Å². The first-order chi connectivity index (χ1) is 9.58. The van der Waals surface area contributed by atoms with Crippen molar-refractivity contribution in [2.24, 2.45) is 0 Å². The fourth-order valence-corrected chi connectivity index (χ4v) is 1.64. The second-order valence-electron chi connectivity index (χ2n) is 3.92. The lowest BCUT2D eigenvalue weighted by molar-refractivity contribution is -0.390. The number of hydrogen-bond acceptors (Lipinski definition) is 4. The van der Waals surface area contributed by atoms with Crippen molar-refractivity contribution in [2.45, 2.75) is 6.42 Å². The molecule has 104 valence electrons. The number of rotatable bonds is 5. The summed E-state index contributed by atoms with van der Waals surface area (Å²) < 4.78 is 31.5. The first-order valence-corrected chi connectivity index (χ1v) is 5.74. The molecular formula is C13H10F2N2O3. The van der Waals surface area contributed by atoms with Crippen molar-refractivity contribution in [1.82, 2.24) is 4.98 Å². The molecule has 0 radical (unpaired) electrons. The van der Waals surface area contributed by atoms with Crippen LogP contribution in [-0.2, 0) is 6.42 Å². The van der Waals surface area contributed by atoms with E-state index in [1.54, 1.807) is 0 Å². The third-order valence-corrected chi connectivity index (χ3v) is 2.56. The van der Waals surface area contributed by atoms with Gasteiger partial charge in [0.25, 0.3) is 0 Å². The van der Waals surface area contributed by atoms with Gasteiger partial charge in [0, 0.05) is 6.42 Å². The van der Waals surface area contributed by atoms with E-state index in [4.69, 9.17) is 4.74 Å². The third kappa shape index (κ3) is 3.25. The number of nitrogens with zero attached hydrogens (tertiary/aromatic N) is 2. The van der Waals surface area contributed by atoms with Gasteiger partial charge in [-0.3, -0.25) is 0 Å².